The Balaban J connectivity index is 1.63. The largest absolute Gasteiger partial charge is 0.345 e. The second-order valence-corrected chi connectivity index (χ2v) is 6.20. The number of hydrogen-bond acceptors (Lipinski definition) is 3. The molecule has 2 N–H and O–H groups in total. The summed E-state index contributed by atoms with van der Waals surface area (Å²) in [4.78, 5) is 20.5. The topological polar surface area (TPSA) is 71.8 Å². The molecule has 2 amide bonds. The Bertz CT molecular complexity index is 872. The van der Waals surface area contributed by atoms with E-state index in [4.69, 9.17) is 0 Å². The molecule has 0 saturated heterocycles. The first-order valence-corrected chi connectivity index (χ1v) is 8.49. The zero-order valence-electron chi connectivity index (χ0n) is 14.8. The van der Waals surface area contributed by atoms with Crippen LogP contribution in [0.4, 0.5) is 10.5 Å². The molecule has 3 aromatic rings. The summed E-state index contributed by atoms with van der Waals surface area (Å²) in [6, 6.07) is 7.86. The Kier molecular flexibility index (Phi) is 4.97. The van der Waals surface area contributed by atoms with Gasteiger partial charge in [-0.25, -0.2) is 4.79 Å². The van der Waals surface area contributed by atoms with Gasteiger partial charge in [0.1, 0.15) is 0 Å². The summed E-state index contributed by atoms with van der Waals surface area (Å²) in [5, 5.41) is 6.96. The van der Waals surface area contributed by atoms with Gasteiger partial charge in [-0.2, -0.15) is 0 Å². The molecule has 6 heteroatoms. The summed E-state index contributed by atoms with van der Waals surface area (Å²) in [5.41, 5.74) is 4.04. The third-order valence-electron chi connectivity index (χ3n) is 4.19. The molecule has 1 aromatic carbocycles. The van der Waals surface area contributed by atoms with Gasteiger partial charge in [-0.3, -0.25) is 9.97 Å². The van der Waals surface area contributed by atoms with E-state index in [0.717, 1.165) is 23.3 Å². The number of nitrogens with zero attached hydrogens (tertiary/aromatic N) is 3. The van der Waals surface area contributed by atoms with Crippen LogP contribution < -0.4 is 10.6 Å². The number of anilines is 1. The molecule has 0 bridgehead atoms. The van der Waals surface area contributed by atoms with Gasteiger partial charge >= 0.3 is 6.03 Å². The predicted molar refractivity (Wildman–Crippen MR) is 99.7 cm³/mol. The van der Waals surface area contributed by atoms with Crippen LogP contribution in [0.3, 0.4) is 0 Å². The number of urea groups is 1. The summed E-state index contributed by atoms with van der Waals surface area (Å²) in [5.74, 6) is 0. The van der Waals surface area contributed by atoms with Crippen LogP contribution in [0.25, 0.3) is 10.9 Å². The molecule has 0 aliphatic heterocycles. The van der Waals surface area contributed by atoms with E-state index in [1.54, 1.807) is 18.6 Å². The molecule has 0 aliphatic rings. The number of amides is 2. The molecule has 3 rings (SSSR count). The number of hydrogen-bond donors (Lipinski definition) is 2. The predicted octanol–water partition coefficient (Wildman–Crippen LogP) is 3.51. The van der Waals surface area contributed by atoms with Gasteiger partial charge in [-0.15, -0.1) is 0 Å². The van der Waals surface area contributed by atoms with Gasteiger partial charge in [-0.05, 0) is 45.0 Å². The fraction of sp³-hybridized carbons (Fsp3) is 0.316. The van der Waals surface area contributed by atoms with Crippen molar-refractivity contribution in [3.05, 3.63) is 54.2 Å². The van der Waals surface area contributed by atoms with E-state index in [1.165, 1.54) is 11.2 Å². The average Bonchev–Trinajstić information content (AvgIpc) is 2.89. The maximum absolute atomic E-state index is 12.2. The number of nitrogens with one attached hydrogen (secondary N) is 2. The second-order valence-electron chi connectivity index (χ2n) is 6.20. The van der Waals surface area contributed by atoms with Crippen molar-refractivity contribution in [3.63, 3.8) is 0 Å². The van der Waals surface area contributed by atoms with Crippen molar-refractivity contribution in [2.75, 3.05) is 5.32 Å². The number of benzene rings is 1. The Hall–Kier alpha value is -2.89. The zero-order valence-corrected chi connectivity index (χ0v) is 14.8. The standard InChI is InChI=1S/C19H23N5O/c1-4-24-14(3)10-15-11-16(5-6-18(15)24)23-19(25)22-13(2)9-17-12-20-7-8-21-17/h5-8,10-13H,4,9H2,1-3H3,(H2,22,23,25). The molecule has 1 atom stereocenters. The van der Waals surface area contributed by atoms with Crippen LogP contribution in [0.15, 0.2) is 42.9 Å². The number of carbonyl (C=O) groups excluding carboxylic acids is 1. The summed E-state index contributed by atoms with van der Waals surface area (Å²) >= 11 is 0. The second kappa shape index (κ2) is 7.34. The van der Waals surface area contributed by atoms with E-state index in [-0.39, 0.29) is 12.1 Å². The Morgan fingerprint density at radius 2 is 2.12 bits per heavy atom. The molecule has 2 aromatic heterocycles. The molecule has 130 valence electrons. The summed E-state index contributed by atoms with van der Waals surface area (Å²) in [6.07, 6.45) is 5.64. The van der Waals surface area contributed by atoms with Crippen molar-refractivity contribution in [1.82, 2.24) is 19.9 Å². The molecule has 0 saturated carbocycles. The van der Waals surface area contributed by atoms with Crippen molar-refractivity contribution >= 4 is 22.6 Å². The van der Waals surface area contributed by atoms with Gasteiger partial charge in [-0.1, -0.05) is 0 Å². The van der Waals surface area contributed by atoms with Gasteiger partial charge in [0.25, 0.3) is 0 Å². The van der Waals surface area contributed by atoms with Crippen molar-refractivity contribution in [2.24, 2.45) is 0 Å². The minimum absolute atomic E-state index is 0.0381. The van der Waals surface area contributed by atoms with Crippen LogP contribution >= 0.6 is 0 Å². The van der Waals surface area contributed by atoms with Crippen LogP contribution in [0.5, 0.6) is 0 Å². The molecular formula is C19H23N5O. The van der Waals surface area contributed by atoms with E-state index in [2.05, 4.69) is 45.1 Å². The SMILES string of the molecule is CCn1c(C)cc2cc(NC(=O)NC(C)Cc3cnccn3)ccc21. The van der Waals surface area contributed by atoms with Crippen LogP contribution in [-0.2, 0) is 13.0 Å². The Morgan fingerprint density at radius 1 is 1.28 bits per heavy atom. The highest BCUT2D eigenvalue weighted by Gasteiger charge is 2.10. The first-order valence-electron chi connectivity index (χ1n) is 8.49. The minimum atomic E-state index is -0.220. The molecule has 1 unspecified atom stereocenters. The first kappa shape index (κ1) is 17.0. The van der Waals surface area contributed by atoms with Gasteiger partial charge in [0.05, 0.1) is 5.69 Å². The Morgan fingerprint density at radius 3 is 2.84 bits per heavy atom. The summed E-state index contributed by atoms with van der Waals surface area (Å²) in [7, 11) is 0. The van der Waals surface area contributed by atoms with E-state index in [1.807, 2.05) is 25.1 Å². The highest BCUT2D eigenvalue weighted by atomic mass is 16.2. The van der Waals surface area contributed by atoms with Crippen molar-refractivity contribution in [2.45, 2.75) is 39.8 Å². The molecule has 0 fully saturated rings. The maximum atomic E-state index is 12.2. The van der Waals surface area contributed by atoms with Gasteiger partial charge in [0.2, 0.25) is 0 Å². The molecule has 0 radical (unpaired) electrons. The zero-order chi connectivity index (χ0) is 17.8. The quantitative estimate of drug-likeness (QED) is 0.748. The number of carbonyl (C=O) groups is 1. The number of rotatable bonds is 5. The number of aryl methyl sites for hydroxylation is 2. The third-order valence-corrected chi connectivity index (χ3v) is 4.19. The molecule has 0 aliphatic carbocycles. The smallest absolute Gasteiger partial charge is 0.319 e. The Labute approximate surface area is 147 Å². The molecule has 25 heavy (non-hydrogen) atoms. The van der Waals surface area contributed by atoms with E-state index in [9.17, 15) is 4.79 Å². The highest BCUT2D eigenvalue weighted by molar-refractivity contribution is 5.93. The van der Waals surface area contributed by atoms with Crippen molar-refractivity contribution in [3.8, 4) is 0 Å². The van der Waals surface area contributed by atoms with Gasteiger partial charge in [0, 0.05) is 59.9 Å². The van der Waals surface area contributed by atoms with Crippen LogP contribution in [-0.4, -0.2) is 26.6 Å². The fourth-order valence-electron chi connectivity index (χ4n) is 3.10. The third kappa shape index (κ3) is 3.96. The van der Waals surface area contributed by atoms with Crippen molar-refractivity contribution in [1.29, 1.82) is 0 Å². The lowest BCUT2D eigenvalue weighted by Crippen LogP contribution is -2.37. The molecule has 2 heterocycles. The maximum Gasteiger partial charge on any atom is 0.319 e. The van der Waals surface area contributed by atoms with Crippen LogP contribution in [0.1, 0.15) is 25.2 Å². The average molecular weight is 337 g/mol. The lowest BCUT2D eigenvalue weighted by molar-refractivity contribution is 0.249. The van der Waals surface area contributed by atoms with Gasteiger partial charge in [0.15, 0.2) is 0 Å². The monoisotopic (exact) mass is 337 g/mol. The van der Waals surface area contributed by atoms with E-state index >= 15 is 0 Å². The summed E-state index contributed by atoms with van der Waals surface area (Å²) < 4.78 is 2.25. The van der Waals surface area contributed by atoms with E-state index in [0.29, 0.717) is 6.42 Å². The normalized spacial score (nSPS) is 12.1. The number of aromatic nitrogens is 3. The van der Waals surface area contributed by atoms with Gasteiger partial charge < -0.3 is 15.2 Å². The fourth-order valence-corrected chi connectivity index (χ4v) is 3.10. The van der Waals surface area contributed by atoms with Crippen molar-refractivity contribution < 1.29 is 4.79 Å². The highest BCUT2D eigenvalue weighted by Crippen LogP contribution is 2.23. The van der Waals surface area contributed by atoms with E-state index < -0.39 is 0 Å². The minimum Gasteiger partial charge on any atom is -0.345 e. The van der Waals surface area contributed by atoms with Crippen LogP contribution in [0.2, 0.25) is 0 Å². The summed E-state index contributed by atoms with van der Waals surface area (Å²) in [6.45, 7) is 7.10. The lowest BCUT2D eigenvalue weighted by Gasteiger charge is -2.14. The molecule has 0 spiro atoms. The first-order chi connectivity index (χ1) is 12.1. The number of fused-ring (bicyclic) bond motifs is 1. The molecule has 6 nitrogen and oxygen atoms in total. The molecular weight excluding hydrogens is 314 g/mol. The van der Waals surface area contributed by atoms with Crippen LogP contribution in [0, 0.1) is 6.92 Å². The lowest BCUT2D eigenvalue weighted by atomic mass is 10.2.